The van der Waals surface area contributed by atoms with Crippen LogP contribution in [-0.4, -0.2) is 6.54 Å². The molecule has 2 aromatic rings. The lowest BCUT2D eigenvalue weighted by Gasteiger charge is -2.07. The average Bonchev–Trinajstić information content (AvgIpc) is 2.41. The molecule has 0 heterocycles. The Morgan fingerprint density at radius 1 is 0.895 bits per heavy atom. The van der Waals surface area contributed by atoms with Crippen LogP contribution < -0.4 is 5.32 Å². The zero-order chi connectivity index (χ0) is 13.7. The number of rotatable bonds is 4. The van der Waals surface area contributed by atoms with Crippen LogP contribution in [0, 0.1) is 0 Å². The summed E-state index contributed by atoms with van der Waals surface area (Å²) in [6, 6.07) is 13.4. The summed E-state index contributed by atoms with van der Waals surface area (Å²) in [5.41, 5.74) is 1.93. The van der Waals surface area contributed by atoms with Gasteiger partial charge in [0.05, 0.1) is 20.8 Å². The quantitative estimate of drug-likeness (QED) is 0.706. The van der Waals surface area contributed by atoms with Crippen molar-refractivity contribution in [3.8, 4) is 0 Å². The molecule has 0 fully saturated rings. The monoisotopic (exact) mass is 311 g/mol. The van der Waals surface area contributed by atoms with Crippen molar-refractivity contribution in [1.82, 2.24) is 0 Å². The van der Waals surface area contributed by atoms with Gasteiger partial charge in [0.2, 0.25) is 0 Å². The lowest BCUT2D eigenvalue weighted by molar-refractivity contribution is 1.34. The Bertz CT molecular complexity index is 579. The summed E-state index contributed by atoms with van der Waals surface area (Å²) in [7, 11) is 0. The minimum absolute atomic E-state index is 0.456. The van der Waals surface area contributed by atoms with E-state index >= 15 is 0 Å². The molecule has 0 unspecified atom stereocenters. The van der Waals surface area contributed by atoms with E-state index in [4.69, 9.17) is 34.8 Å². The Morgan fingerprint density at radius 2 is 1.58 bits per heavy atom. The van der Waals surface area contributed by atoms with E-state index in [-0.39, 0.29) is 0 Å². The van der Waals surface area contributed by atoms with Gasteiger partial charge in [-0.25, -0.2) is 0 Å². The van der Waals surface area contributed by atoms with E-state index in [1.54, 1.807) is 12.1 Å². The van der Waals surface area contributed by atoms with Gasteiger partial charge in [0, 0.05) is 6.54 Å². The zero-order valence-corrected chi connectivity index (χ0v) is 12.3. The van der Waals surface area contributed by atoms with Crippen LogP contribution >= 0.6 is 34.8 Å². The van der Waals surface area contributed by atoms with Crippen molar-refractivity contribution in [1.29, 1.82) is 0 Å². The largest absolute Gasteiger partial charge is 0.380 e. The predicted octanol–water partition coefficient (Wildman–Crippen LogP) is 5.77. The molecule has 2 rings (SSSR count). The van der Waals surface area contributed by atoms with Crippen molar-refractivity contribution in [3.63, 3.8) is 0 Å². The van der Waals surface area contributed by atoms with Gasteiger partial charge in [-0.3, -0.25) is 0 Å². The SMILES string of the molecule is Clc1cc(Cl)c(NC/C=C/c2ccccc2)cc1Cl. The molecule has 4 heteroatoms. The summed E-state index contributed by atoms with van der Waals surface area (Å²) in [6.07, 6.45) is 4.06. The Kier molecular flexibility index (Phi) is 5.15. The second kappa shape index (κ2) is 6.85. The normalized spacial score (nSPS) is 10.9. The Morgan fingerprint density at radius 3 is 2.32 bits per heavy atom. The highest BCUT2D eigenvalue weighted by Crippen LogP contribution is 2.32. The summed E-state index contributed by atoms with van der Waals surface area (Å²) in [4.78, 5) is 0. The van der Waals surface area contributed by atoms with E-state index in [1.807, 2.05) is 42.5 Å². The molecule has 98 valence electrons. The summed E-state index contributed by atoms with van der Waals surface area (Å²) >= 11 is 17.9. The first-order valence-corrected chi connectivity index (χ1v) is 6.90. The first-order chi connectivity index (χ1) is 9.16. The highest BCUT2D eigenvalue weighted by molar-refractivity contribution is 6.44. The maximum absolute atomic E-state index is 6.07. The average molecular weight is 313 g/mol. The van der Waals surface area contributed by atoms with Gasteiger partial charge in [-0.2, -0.15) is 0 Å². The van der Waals surface area contributed by atoms with Crippen LogP contribution in [0.4, 0.5) is 5.69 Å². The Balaban J connectivity index is 1.96. The van der Waals surface area contributed by atoms with Gasteiger partial charge in [-0.1, -0.05) is 77.3 Å². The van der Waals surface area contributed by atoms with Crippen LogP contribution in [0.2, 0.25) is 15.1 Å². The molecule has 0 aromatic heterocycles. The summed E-state index contributed by atoms with van der Waals surface area (Å²) in [5.74, 6) is 0. The Labute approximate surface area is 127 Å². The van der Waals surface area contributed by atoms with Crippen LogP contribution in [0.5, 0.6) is 0 Å². The van der Waals surface area contributed by atoms with E-state index in [0.29, 0.717) is 21.6 Å². The molecule has 19 heavy (non-hydrogen) atoms. The van der Waals surface area contributed by atoms with Gasteiger partial charge in [0.25, 0.3) is 0 Å². The van der Waals surface area contributed by atoms with Crippen LogP contribution in [0.25, 0.3) is 6.08 Å². The van der Waals surface area contributed by atoms with Gasteiger partial charge in [0.15, 0.2) is 0 Å². The van der Waals surface area contributed by atoms with Gasteiger partial charge in [-0.15, -0.1) is 0 Å². The third-order valence-corrected chi connectivity index (χ3v) is 3.57. The molecule has 2 aromatic carbocycles. The fourth-order valence-corrected chi connectivity index (χ4v) is 2.20. The lowest BCUT2D eigenvalue weighted by atomic mass is 10.2. The number of hydrogen-bond donors (Lipinski definition) is 1. The first kappa shape index (κ1) is 14.3. The van der Waals surface area contributed by atoms with Gasteiger partial charge < -0.3 is 5.32 Å². The molecule has 0 aliphatic rings. The number of nitrogens with one attached hydrogen (secondary N) is 1. The predicted molar refractivity (Wildman–Crippen MR) is 85.4 cm³/mol. The van der Waals surface area contributed by atoms with Crippen molar-refractivity contribution >= 4 is 46.6 Å². The molecule has 0 amide bonds. The van der Waals surface area contributed by atoms with Gasteiger partial charge in [-0.05, 0) is 17.7 Å². The lowest BCUT2D eigenvalue weighted by Crippen LogP contribution is -1.98. The maximum Gasteiger partial charge on any atom is 0.0653 e. The molecule has 0 aliphatic heterocycles. The number of benzene rings is 2. The van der Waals surface area contributed by atoms with Gasteiger partial charge in [0.1, 0.15) is 0 Å². The summed E-state index contributed by atoms with van der Waals surface area (Å²) in [5, 5.41) is 4.69. The Hall–Kier alpha value is -1.15. The molecular weight excluding hydrogens is 301 g/mol. The van der Waals surface area contributed by atoms with E-state index in [2.05, 4.69) is 5.32 Å². The maximum atomic E-state index is 6.07. The molecule has 0 radical (unpaired) electrons. The molecule has 0 saturated carbocycles. The van der Waals surface area contributed by atoms with Crippen LogP contribution in [0.1, 0.15) is 5.56 Å². The third kappa shape index (κ3) is 4.17. The first-order valence-electron chi connectivity index (χ1n) is 5.77. The van der Waals surface area contributed by atoms with Crippen molar-refractivity contribution in [3.05, 3.63) is 69.2 Å². The van der Waals surface area contributed by atoms with Crippen molar-refractivity contribution in [2.45, 2.75) is 0 Å². The standard InChI is InChI=1S/C15H12Cl3N/c16-12-9-14(18)15(10-13(12)17)19-8-4-7-11-5-2-1-3-6-11/h1-7,9-10,19H,8H2/b7-4+. The van der Waals surface area contributed by atoms with E-state index in [1.165, 1.54) is 0 Å². The van der Waals surface area contributed by atoms with E-state index in [9.17, 15) is 0 Å². The molecule has 1 N–H and O–H groups in total. The minimum Gasteiger partial charge on any atom is -0.380 e. The fourth-order valence-electron chi connectivity index (χ4n) is 1.59. The molecule has 0 aliphatic carbocycles. The molecule has 0 spiro atoms. The second-order valence-electron chi connectivity index (χ2n) is 3.94. The van der Waals surface area contributed by atoms with Crippen molar-refractivity contribution in [2.24, 2.45) is 0 Å². The second-order valence-corrected chi connectivity index (χ2v) is 5.16. The molecule has 0 atom stereocenters. The fraction of sp³-hybridized carbons (Fsp3) is 0.0667. The van der Waals surface area contributed by atoms with Crippen molar-refractivity contribution in [2.75, 3.05) is 11.9 Å². The number of halogens is 3. The zero-order valence-electron chi connectivity index (χ0n) is 10.0. The number of anilines is 1. The number of hydrogen-bond acceptors (Lipinski definition) is 1. The highest BCUT2D eigenvalue weighted by atomic mass is 35.5. The summed E-state index contributed by atoms with van der Waals surface area (Å²) in [6.45, 7) is 0.659. The third-order valence-electron chi connectivity index (χ3n) is 2.53. The molecule has 0 saturated heterocycles. The molecular formula is C15H12Cl3N. The molecule has 1 nitrogen and oxygen atoms in total. The van der Waals surface area contributed by atoms with Crippen molar-refractivity contribution < 1.29 is 0 Å². The summed E-state index contributed by atoms with van der Waals surface area (Å²) < 4.78 is 0. The topological polar surface area (TPSA) is 12.0 Å². The minimum atomic E-state index is 0.456. The molecule has 0 bridgehead atoms. The van der Waals surface area contributed by atoms with E-state index in [0.717, 1.165) is 11.3 Å². The van der Waals surface area contributed by atoms with Gasteiger partial charge >= 0.3 is 0 Å². The van der Waals surface area contributed by atoms with E-state index < -0.39 is 0 Å². The highest BCUT2D eigenvalue weighted by Gasteiger charge is 2.04. The smallest absolute Gasteiger partial charge is 0.0653 e. The van der Waals surface area contributed by atoms with Crippen LogP contribution in [0.3, 0.4) is 0 Å². The van der Waals surface area contributed by atoms with Crippen LogP contribution in [0.15, 0.2) is 48.5 Å². The van der Waals surface area contributed by atoms with Crippen LogP contribution in [-0.2, 0) is 0 Å².